The molecule has 0 bridgehead atoms. The molecule has 27 heavy (non-hydrogen) atoms. The minimum absolute atomic E-state index is 0.0211. The van der Waals surface area contributed by atoms with Gasteiger partial charge in [-0.2, -0.15) is 0 Å². The van der Waals surface area contributed by atoms with Gasteiger partial charge < -0.3 is 14.5 Å². The van der Waals surface area contributed by atoms with E-state index in [2.05, 4.69) is 0 Å². The zero-order valence-corrected chi connectivity index (χ0v) is 15.9. The molecule has 0 aromatic heterocycles. The van der Waals surface area contributed by atoms with Crippen LogP contribution in [0.4, 0.5) is 0 Å². The molecule has 3 unspecified atom stereocenters. The summed E-state index contributed by atoms with van der Waals surface area (Å²) in [6.07, 6.45) is 0.489. The van der Waals surface area contributed by atoms with Crippen molar-refractivity contribution in [1.82, 2.24) is 9.80 Å². The zero-order valence-electron chi connectivity index (χ0n) is 15.1. The number of likely N-dealkylation sites (tertiary alicyclic amines) is 1. The van der Waals surface area contributed by atoms with Gasteiger partial charge in [0.1, 0.15) is 6.10 Å². The van der Waals surface area contributed by atoms with E-state index in [0.29, 0.717) is 32.7 Å². The van der Waals surface area contributed by atoms with Crippen molar-refractivity contribution >= 4 is 21.7 Å². The number of hydrogen-bond donors (Lipinski definition) is 0. The van der Waals surface area contributed by atoms with E-state index < -0.39 is 15.8 Å². The van der Waals surface area contributed by atoms with Crippen molar-refractivity contribution in [3.63, 3.8) is 0 Å². The van der Waals surface area contributed by atoms with Crippen molar-refractivity contribution in [3.05, 3.63) is 35.9 Å². The van der Waals surface area contributed by atoms with Crippen LogP contribution in [0.2, 0.25) is 0 Å². The Hall–Kier alpha value is -1.93. The fourth-order valence-corrected chi connectivity index (χ4v) is 5.98. The van der Waals surface area contributed by atoms with Crippen LogP contribution >= 0.6 is 0 Å². The first-order chi connectivity index (χ1) is 12.9. The third-order valence-electron chi connectivity index (χ3n) is 5.71. The number of amides is 2. The molecule has 8 heteroatoms. The maximum absolute atomic E-state index is 13.0. The molecule has 0 spiro atoms. The first kappa shape index (κ1) is 18.4. The lowest BCUT2D eigenvalue weighted by Gasteiger charge is -2.34. The molecule has 1 aromatic rings. The Labute approximate surface area is 159 Å². The van der Waals surface area contributed by atoms with Gasteiger partial charge in [-0.25, -0.2) is 8.42 Å². The largest absolute Gasteiger partial charge is 0.370 e. The van der Waals surface area contributed by atoms with Crippen LogP contribution in [0.25, 0.3) is 0 Å². The number of morpholine rings is 1. The lowest BCUT2D eigenvalue weighted by atomic mass is 10.0. The van der Waals surface area contributed by atoms with Gasteiger partial charge in [0.25, 0.3) is 0 Å². The Bertz CT molecular complexity index is 826. The minimum Gasteiger partial charge on any atom is -0.370 e. The van der Waals surface area contributed by atoms with E-state index in [1.165, 1.54) is 0 Å². The summed E-state index contributed by atoms with van der Waals surface area (Å²) in [5.41, 5.74) is 1.04. The van der Waals surface area contributed by atoms with Crippen LogP contribution in [-0.4, -0.2) is 73.8 Å². The molecule has 4 rings (SSSR count). The highest BCUT2D eigenvalue weighted by Crippen LogP contribution is 2.29. The molecule has 3 fully saturated rings. The average Bonchev–Trinajstić information content (AvgIpc) is 3.24. The van der Waals surface area contributed by atoms with Crippen molar-refractivity contribution in [2.45, 2.75) is 25.0 Å². The van der Waals surface area contributed by atoms with Crippen LogP contribution in [0, 0.1) is 5.92 Å². The summed E-state index contributed by atoms with van der Waals surface area (Å²) in [5, 5.41) is 0. The predicted octanol–water partition coefficient (Wildman–Crippen LogP) is 0.622. The summed E-state index contributed by atoms with van der Waals surface area (Å²) in [5.74, 6) is -0.384. The van der Waals surface area contributed by atoms with Crippen LogP contribution < -0.4 is 0 Å². The number of benzene rings is 1. The van der Waals surface area contributed by atoms with Gasteiger partial charge in [0.15, 0.2) is 9.84 Å². The van der Waals surface area contributed by atoms with Crippen LogP contribution in [0.3, 0.4) is 0 Å². The highest BCUT2D eigenvalue weighted by atomic mass is 32.2. The average molecular weight is 392 g/mol. The van der Waals surface area contributed by atoms with Crippen LogP contribution in [0.5, 0.6) is 0 Å². The van der Waals surface area contributed by atoms with Crippen molar-refractivity contribution in [2.24, 2.45) is 5.92 Å². The molecule has 2 amide bonds. The van der Waals surface area contributed by atoms with E-state index in [9.17, 15) is 18.0 Å². The molecule has 3 aliphatic rings. The predicted molar refractivity (Wildman–Crippen MR) is 98.6 cm³/mol. The first-order valence-corrected chi connectivity index (χ1v) is 11.2. The van der Waals surface area contributed by atoms with Crippen LogP contribution in [0.15, 0.2) is 30.3 Å². The molecule has 3 aliphatic heterocycles. The fourth-order valence-electron chi connectivity index (χ4n) is 4.25. The molecular weight excluding hydrogens is 368 g/mol. The number of carbonyl (C=O) groups is 2. The van der Waals surface area contributed by atoms with Gasteiger partial charge in [-0.1, -0.05) is 30.3 Å². The summed E-state index contributed by atoms with van der Waals surface area (Å²) in [6.45, 7) is 1.79. The van der Waals surface area contributed by atoms with Crippen molar-refractivity contribution in [3.8, 4) is 0 Å². The first-order valence-electron chi connectivity index (χ1n) is 9.38. The molecule has 0 radical (unpaired) electrons. The van der Waals surface area contributed by atoms with E-state index >= 15 is 0 Å². The molecule has 146 valence electrons. The van der Waals surface area contributed by atoms with Crippen molar-refractivity contribution in [2.75, 3.05) is 37.7 Å². The van der Waals surface area contributed by atoms with Gasteiger partial charge in [0.2, 0.25) is 11.8 Å². The number of ether oxygens (including phenoxy) is 1. The number of hydrogen-bond acceptors (Lipinski definition) is 5. The minimum atomic E-state index is -3.06. The quantitative estimate of drug-likeness (QED) is 0.753. The van der Waals surface area contributed by atoms with Gasteiger partial charge in [-0.15, -0.1) is 0 Å². The molecule has 3 heterocycles. The molecule has 3 saturated heterocycles. The monoisotopic (exact) mass is 392 g/mol. The summed E-state index contributed by atoms with van der Waals surface area (Å²) < 4.78 is 29.2. The highest BCUT2D eigenvalue weighted by Gasteiger charge is 2.43. The van der Waals surface area contributed by atoms with E-state index in [-0.39, 0.29) is 41.9 Å². The maximum atomic E-state index is 13.0. The van der Waals surface area contributed by atoms with E-state index in [4.69, 9.17) is 4.74 Å². The Morgan fingerprint density at radius 3 is 2.63 bits per heavy atom. The number of rotatable bonds is 3. The maximum Gasteiger partial charge on any atom is 0.228 e. The molecule has 3 atom stereocenters. The summed E-state index contributed by atoms with van der Waals surface area (Å²) >= 11 is 0. The number of nitrogens with zero attached hydrogens (tertiary/aromatic N) is 2. The second-order valence-corrected chi connectivity index (χ2v) is 9.79. The summed E-state index contributed by atoms with van der Waals surface area (Å²) in [4.78, 5) is 28.8. The van der Waals surface area contributed by atoms with Crippen LogP contribution in [-0.2, 0) is 24.2 Å². The molecule has 0 N–H and O–H groups in total. The normalized spacial score (nSPS) is 30.7. The van der Waals surface area contributed by atoms with E-state index in [1.54, 1.807) is 9.80 Å². The molecule has 7 nitrogen and oxygen atoms in total. The second kappa shape index (κ2) is 7.24. The summed E-state index contributed by atoms with van der Waals surface area (Å²) in [7, 11) is -3.06. The van der Waals surface area contributed by atoms with Crippen molar-refractivity contribution < 1.29 is 22.7 Å². The topological polar surface area (TPSA) is 84.0 Å². The Morgan fingerprint density at radius 2 is 1.93 bits per heavy atom. The van der Waals surface area contributed by atoms with Crippen molar-refractivity contribution in [1.29, 1.82) is 0 Å². The number of sulfone groups is 1. The molecule has 0 aliphatic carbocycles. The van der Waals surface area contributed by atoms with E-state index in [1.807, 2.05) is 30.3 Å². The standard InChI is InChI=1S/C19H24N2O5S/c22-18-10-15(11-21(18)16-6-9-27(24,25)13-16)19(23)20-7-8-26-17(12-20)14-4-2-1-3-5-14/h1-5,15-17H,6-13H2. The Balaban J connectivity index is 1.40. The lowest BCUT2D eigenvalue weighted by Crippen LogP contribution is -2.46. The SMILES string of the molecule is O=C(C1CC(=O)N(C2CCS(=O)(=O)C2)C1)N1CCOC(c2ccccc2)C1. The van der Waals surface area contributed by atoms with E-state index in [0.717, 1.165) is 5.56 Å². The molecule has 1 aromatic carbocycles. The van der Waals surface area contributed by atoms with Gasteiger partial charge in [-0.05, 0) is 12.0 Å². The Morgan fingerprint density at radius 1 is 1.15 bits per heavy atom. The fraction of sp³-hybridized carbons (Fsp3) is 0.579. The van der Waals surface area contributed by atoms with Gasteiger partial charge in [0, 0.05) is 25.6 Å². The highest BCUT2D eigenvalue weighted by molar-refractivity contribution is 7.91. The Kier molecular flexibility index (Phi) is 4.94. The molecular formula is C19H24N2O5S. The molecule has 0 saturated carbocycles. The second-order valence-electron chi connectivity index (χ2n) is 7.56. The lowest BCUT2D eigenvalue weighted by molar-refractivity contribution is -0.143. The van der Waals surface area contributed by atoms with Gasteiger partial charge in [-0.3, -0.25) is 9.59 Å². The summed E-state index contributed by atoms with van der Waals surface area (Å²) in [6, 6.07) is 9.53. The van der Waals surface area contributed by atoms with Gasteiger partial charge >= 0.3 is 0 Å². The zero-order chi connectivity index (χ0) is 19.0. The third-order valence-corrected chi connectivity index (χ3v) is 7.46. The van der Waals surface area contributed by atoms with Crippen LogP contribution in [0.1, 0.15) is 24.5 Å². The third kappa shape index (κ3) is 3.87. The number of carbonyl (C=O) groups excluding carboxylic acids is 2. The smallest absolute Gasteiger partial charge is 0.228 e. The van der Waals surface area contributed by atoms with Gasteiger partial charge in [0.05, 0.1) is 30.6 Å².